The lowest BCUT2D eigenvalue weighted by Gasteiger charge is -2.11. The van der Waals surface area contributed by atoms with E-state index in [1.807, 2.05) is 12.4 Å². The maximum absolute atomic E-state index is 4.90. The summed E-state index contributed by atoms with van der Waals surface area (Å²) in [4.78, 5) is 16.6. The fourth-order valence-electron chi connectivity index (χ4n) is 6.36. The number of nitrogens with one attached hydrogen (secondary N) is 4. The van der Waals surface area contributed by atoms with Gasteiger partial charge in [0.2, 0.25) is 0 Å². The van der Waals surface area contributed by atoms with Crippen molar-refractivity contribution in [3.05, 3.63) is 72.6 Å². The van der Waals surface area contributed by atoms with E-state index in [0.717, 1.165) is 46.1 Å². The Labute approximate surface area is 205 Å². The third-order valence-electron chi connectivity index (χ3n) is 8.85. The minimum absolute atomic E-state index is 0.357. The summed E-state index contributed by atoms with van der Waals surface area (Å²) in [5, 5.41) is 7.38. The molecule has 0 radical (unpaired) electrons. The molecule has 4 N–H and O–H groups in total. The molecule has 1 unspecified atom stereocenters. The quantitative estimate of drug-likeness (QED) is 0.321. The molecule has 2 aromatic carbocycles. The van der Waals surface area contributed by atoms with Crippen LogP contribution in [0.3, 0.4) is 0 Å². The van der Waals surface area contributed by atoms with E-state index in [1.54, 1.807) is 0 Å². The molecular weight excluding hydrogens is 432 g/mol. The van der Waals surface area contributed by atoms with Crippen LogP contribution in [-0.4, -0.2) is 32.0 Å². The zero-order valence-electron chi connectivity index (χ0n) is 19.9. The lowest BCUT2D eigenvalue weighted by atomic mass is 10.0. The van der Waals surface area contributed by atoms with Gasteiger partial charge in [-0.25, -0.2) is 9.97 Å². The standard InChI is InChI=1S/C29H30N6/c1-29-12-23(33-26(29)13-29)28-31-15-25(35-28)19-8-4-17(5-9-19)16-2-6-18(7-3-16)24-14-30-27(34-24)22-11-20-10-21(20)32-22/h2-9,14-15,20-23,26,32-33H,10-13H2,1H3,(H,30,34)(H,31,35)/t20?,21-,22+,23+,26-,29+/m1/s1. The van der Waals surface area contributed by atoms with E-state index in [9.17, 15) is 0 Å². The fraction of sp³-hybridized carbons (Fsp3) is 0.379. The minimum atomic E-state index is 0.357. The predicted octanol–water partition coefficient (Wildman–Crippen LogP) is 5.37. The van der Waals surface area contributed by atoms with Gasteiger partial charge >= 0.3 is 0 Å². The van der Waals surface area contributed by atoms with Gasteiger partial charge in [0, 0.05) is 35.6 Å². The molecule has 0 amide bonds. The lowest BCUT2D eigenvalue weighted by molar-refractivity contribution is 0.488. The molecule has 2 saturated heterocycles. The van der Waals surface area contributed by atoms with Crippen molar-refractivity contribution in [3.8, 4) is 33.6 Å². The van der Waals surface area contributed by atoms with Gasteiger partial charge in [0.15, 0.2) is 0 Å². The van der Waals surface area contributed by atoms with Crippen molar-refractivity contribution in [2.45, 2.75) is 56.8 Å². The van der Waals surface area contributed by atoms with Gasteiger partial charge in [0.25, 0.3) is 0 Å². The van der Waals surface area contributed by atoms with Gasteiger partial charge in [-0.3, -0.25) is 0 Å². The molecule has 4 fully saturated rings. The number of piperidine rings is 2. The van der Waals surface area contributed by atoms with Crippen LogP contribution >= 0.6 is 0 Å². The van der Waals surface area contributed by atoms with Gasteiger partial charge in [-0.05, 0) is 48.1 Å². The molecule has 0 bridgehead atoms. The van der Waals surface area contributed by atoms with Crippen LogP contribution in [0.1, 0.15) is 56.3 Å². The number of H-pyrrole nitrogens is 2. The fourth-order valence-corrected chi connectivity index (χ4v) is 6.36. The molecule has 176 valence electrons. The zero-order valence-corrected chi connectivity index (χ0v) is 19.9. The largest absolute Gasteiger partial charge is 0.347 e. The maximum Gasteiger partial charge on any atom is 0.124 e. The molecule has 6 heteroatoms. The minimum Gasteiger partial charge on any atom is -0.347 e. The van der Waals surface area contributed by atoms with Gasteiger partial charge in [0.1, 0.15) is 11.6 Å². The van der Waals surface area contributed by atoms with Crippen molar-refractivity contribution >= 4 is 0 Å². The van der Waals surface area contributed by atoms with Crippen molar-refractivity contribution < 1.29 is 0 Å². The molecule has 2 aromatic heterocycles. The Hall–Kier alpha value is -3.22. The van der Waals surface area contributed by atoms with Crippen LogP contribution < -0.4 is 10.6 Å². The summed E-state index contributed by atoms with van der Waals surface area (Å²) < 4.78 is 0. The molecule has 6 atom stereocenters. The first-order chi connectivity index (χ1) is 17.1. The third-order valence-corrected chi connectivity index (χ3v) is 8.85. The van der Waals surface area contributed by atoms with Crippen LogP contribution in [0.4, 0.5) is 0 Å². The zero-order chi connectivity index (χ0) is 23.1. The van der Waals surface area contributed by atoms with E-state index in [1.165, 1.54) is 36.8 Å². The summed E-state index contributed by atoms with van der Waals surface area (Å²) in [6.45, 7) is 2.38. The van der Waals surface area contributed by atoms with E-state index in [4.69, 9.17) is 9.97 Å². The predicted molar refractivity (Wildman–Crippen MR) is 136 cm³/mol. The number of hydrogen-bond donors (Lipinski definition) is 4. The second kappa shape index (κ2) is 7.15. The topological polar surface area (TPSA) is 81.4 Å². The van der Waals surface area contributed by atoms with E-state index in [0.29, 0.717) is 23.5 Å². The molecule has 2 aliphatic carbocycles. The number of aromatic nitrogens is 4. The van der Waals surface area contributed by atoms with Crippen molar-refractivity contribution in [3.63, 3.8) is 0 Å². The second-order valence-electron chi connectivity index (χ2n) is 11.4. The van der Waals surface area contributed by atoms with E-state index >= 15 is 0 Å². The maximum atomic E-state index is 4.90. The van der Waals surface area contributed by atoms with Crippen LogP contribution in [-0.2, 0) is 0 Å². The highest BCUT2D eigenvalue weighted by atomic mass is 15.1. The van der Waals surface area contributed by atoms with Crippen LogP contribution in [0.2, 0.25) is 0 Å². The van der Waals surface area contributed by atoms with Crippen molar-refractivity contribution in [1.82, 2.24) is 30.6 Å². The van der Waals surface area contributed by atoms with Crippen LogP contribution in [0.5, 0.6) is 0 Å². The van der Waals surface area contributed by atoms with Crippen LogP contribution in [0.15, 0.2) is 60.9 Å². The molecule has 35 heavy (non-hydrogen) atoms. The molecular formula is C29H30N6. The first kappa shape index (κ1) is 20.0. The third kappa shape index (κ3) is 3.39. The summed E-state index contributed by atoms with van der Waals surface area (Å²) in [6.07, 6.45) is 9.11. The van der Waals surface area contributed by atoms with E-state index < -0.39 is 0 Å². The van der Waals surface area contributed by atoms with Gasteiger partial charge in [-0.2, -0.15) is 0 Å². The Morgan fingerprint density at radius 3 is 1.77 bits per heavy atom. The number of rotatable bonds is 5. The van der Waals surface area contributed by atoms with Gasteiger partial charge < -0.3 is 20.6 Å². The average molecular weight is 463 g/mol. The Kier molecular flexibility index (Phi) is 4.09. The number of hydrogen-bond acceptors (Lipinski definition) is 4. The van der Waals surface area contributed by atoms with Gasteiger partial charge in [-0.1, -0.05) is 55.5 Å². The number of benzene rings is 2. The van der Waals surface area contributed by atoms with Crippen molar-refractivity contribution in [1.29, 1.82) is 0 Å². The summed E-state index contributed by atoms with van der Waals surface area (Å²) in [5.41, 5.74) is 7.22. The molecule has 2 saturated carbocycles. The number of nitrogens with zero attached hydrogens (tertiary/aromatic N) is 2. The van der Waals surface area contributed by atoms with Crippen molar-refractivity contribution in [2.75, 3.05) is 0 Å². The molecule has 8 rings (SSSR count). The summed E-state index contributed by atoms with van der Waals surface area (Å²) in [5.74, 6) is 3.01. The molecule has 4 aromatic rings. The van der Waals surface area contributed by atoms with Crippen molar-refractivity contribution in [2.24, 2.45) is 11.3 Å². The summed E-state index contributed by atoms with van der Waals surface area (Å²) >= 11 is 0. The van der Waals surface area contributed by atoms with Gasteiger partial charge in [0.05, 0.1) is 23.5 Å². The number of fused-ring (bicyclic) bond motifs is 2. The Balaban J connectivity index is 0.966. The molecule has 4 aliphatic rings. The highest BCUT2D eigenvalue weighted by molar-refractivity contribution is 5.71. The monoisotopic (exact) mass is 462 g/mol. The van der Waals surface area contributed by atoms with E-state index in [-0.39, 0.29) is 0 Å². The smallest absolute Gasteiger partial charge is 0.124 e. The summed E-state index contributed by atoms with van der Waals surface area (Å²) in [6, 6.07) is 19.6. The number of imidazole rings is 2. The molecule has 0 spiro atoms. The Morgan fingerprint density at radius 1 is 0.686 bits per heavy atom. The molecule has 6 nitrogen and oxygen atoms in total. The Morgan fingerprint density at radius 2 is 1.26 bits per heavy atom. The highest BCUT2D eigenvalue weighted by Gasteiger charge is 2.57. The second-order valence-corrected chi connectivity index (χ2v) is 11.4. The van der Waals surface area contributed by atoms with Crippen LogP contribution in [0.25, 0.3) is 33.6 Å². The average Bonchev–Trinajstić information content (AvgIpc) is 3.41. The first-order valence-electron chi connectivity index (χ1n) is 13.0. The number of aromatic amines is 2. The highest BCUT2D eigenvalue weighted by Crippen LogP contribution is 2.57. The molecule has 2 aliphatic heterocycles. The van der Waals surface area contributed by atoms with Gasteiger partial charge in [-0.15, -0.1) is 0 Å². The molecule has 4 heterocycles. The SMILES string of the molecule is C[C@@]12C[C@@H](c3nc(-c4ccc(-c5ccc(-c6c[nH]c([C@@H]7CC8C[C@H]8N7)n6)cc5)cc4)c[nH]3)N[C@@H]1C2. The Bertz CT molecular complexity index is 1390. The van der Waals surface area contributed by atoms with E-state index in [2.05, 4.69) is 76.1 Å². The lowest BCUT2D eigenvalue weighted by Crippen LogP contribution is -2.18. The summed E-state index contributed by atoms with van der Waals surface area (Å²) in [7, 11) is 0. The van der Waals surface area contributed by atoms with Crippen LogP contribution in [0, 0.1) is 11.3 Å². The normalized spacial score (nSPS) is 32.4. The first-order valence-corrected chi connectivity index (χ1v) is 13.0.